The van der Waals surface area contributed by atoms with Crippen molar-refractivity contribution in [1.82, 2.24) is 5.32 Å². The van der Waals surface area contributed by atoms with Gasteiger partial charge in [0.05, 0.1) is 6.07 Å². The molecule has 3 heteroatoms. The van der Waals surface area contributed by atoms with Crippen molar-refractivity contribution in [2.45, 2.75) is 38.6 Å². The molecule has 0 atom stereocenters. The number of hydrogen-bond acceptors (Lipinski definition) is 3. The van der Waals surface area contributed by atoms with Gasteiger partial charge in [-0.25, -0.2) is 0 Å². The van der Waals surface area contributed by atoms with Gasteiger partial charge in [0.2, 0.25) is 0 Å². The van der Waals surface area contributed by atoms with Gasteiger partial charge in [0, 0.05) is 13.2 Å². The van der Waals surface area contributed by atoms with Gasteiger partial charge in [-0.1, -0.05) is 0 Å². The topological polar surface area (TPSA) is 45.0 Å². The highest BCUT2D eigenvalue weighted by molar-refractivity contribution is 4.99. The van der Waals surface area contributed by atoms with E-state index in [9.17, 15) is 0 Å². The highest BCUT2D eigenvalue weighted by Gasteiger charge is 2.17. The van der Waals surface area contributed by atoms with E-state index in [1.54, 1.807) is 0 Å². The molecule has 1 fully saturated rings. The fraction of sp³-hybridized carbons (Fsp3) is 0.909. The Hall–Kier alpha value is -0.590. The highest BCUT2D eigenvalue weighted by Crippen LogP contribution is 2.17. The van der Waals surface area contributed by atoms with Crippen LogP contribution in [0.1, 0.15) is 33.1 Å². The summed E-state index contributed by atoms with van der Waals surface area (Å²) in [5, 5.41) is 12.1. The van der Waals surface area contributed by atoms with E-state index >= 15 is 0 Å². The van der Waals surface area contributed by atoms with Crippen LogP contribution in [-0.4, -0.2) is 25.3 Å². The Morgan fingerprint density at radius 1 is 1.43 bits per heavy atom. The molecule has 1 N–H and O–H groups in total. The molecule has 3 nitrogen and oxygen atoms in total. The maximum absolute atomic E-state index is 8.80. The first kappa shape index (κ1) is 11.5. The zero-order valence-electron chi connectivity index (χ0n) is 9.18. The van der Waals surface area contributed by atoms with E-state index in [1.165, 1.54) is 12.8 Å². The van der Waals surface area contributed by atoms with Gasteiger partial charge in [-0.3, -0.25) is 5.32 Å². The van der Waals surface area contributed by atoms with E-state index in [2.05, 4.69) is 11.4 Å². The Labute approximate surface area is 86.4 Å². The first-order valence-corrected chi connectivity index (χ1v) is 5.38. The molecule has 0 aromatic rings. The lowest BCUT2D eigenvalue weighted by atomic mass is 9.96. The van der Waals surface area contributed by atoms with Gasteiger partial charge in [-0.05, 0) is 45.6 Å². The lowest BCUT2D eigenvalue weighted by Gasteiger charge is -2.24. The van der Waals surface area contributed by atoms with E-state index in [-0.39, 0.29) is 5.54 Å². The largest absolute Gasteiger partial charge is 0.381 e. The number of ether oxygens (including phenoxy) is 1. The van der Waals surface area contributed by atoms with E-state index in [0.29, 0.717) is 0 Å². The molecule has 1 saturated heterocycles. The van der Waals surface area contributed by atoms with Crippen LogP contribution in [0.4, 0.5) is 0 Å². The van der Waals surface area contributed by atoms with Crippen molar-refractivity contribution in [2.75, 3.05) is 19.8 Å². The molecular formula is C11H20N2O. The van der Waals surface area contributed by atoms with Crippen LogP contribution in [0.5, 0.6) is 0 Å². The second kappa shape index (κ2) is 5.33. The summed E-state index contributed by atoms with van der Waals surface area (Å²) in [4.78, 5) is 0. The van der Waals surface area contributed by atoms with E-state index in [0.717, 1.165) is 32.1 Å². The van der Waals surface area contributed by atoms with Crippen molar-refractivity contribution >= 4 is 0 Å². The number of hydrogen-bond donors (Lipinski definition) is 1. The minimum atomic E-state index is -0.384. The maximum atomic E-state index is 8.80. The fourth-order valence-electron chi connectivity index (χ4n) is 1.66. The van der Waals surface area contributed by atoms with Crippen LogP contribution in [0, 0.1) is 17.2 Å². The minimum absolute atomic E-state index is 0.384. The van der Waals surface area contributed by atoms with Gasteiger partial charge in [0.1, 0.15) is 5.54 Å². The van der Waals surface area contributed by atoms with Crippen LogP contribution in [0.2, 0.25) is 0 Å². The summed E-state index contributed by atoms with van der Waals surface area (Å²) in [5.41, 5.74) is -0.384. The fourth-order valence-corrected chi connectivity index (χ4v) is 1.66. The standard InChI is InChI=1S/C11H20N2O/c1-11(2,9-12)13-6-3-10-4-7-14-8-5-10/h10,13H,3-8H2,1-2H3. The quantitative estimate of drug-likeness (QED) is 0.744. The van der Waals surface area contributed by atoms with Crippen LogP contribution in [-0.2, 0) is 4.74 Å². The zero-order valence-corrected chi connectivity index (χ0v) is 9.18. The molecule has 0 spiro atoms. The van der Waals surface area contributed by atoms with E-state index in [1.807, 2.05) is 13.8 Å². The monoisotopic (exact) mass is 196 g/mol. The van der Waals surface area contributed by atoms with Crippen LogP contribution in [0.3, 0.4) is 0 Å². The molecule has 0 saturated carbocycles. The first-order chi connectivity index (χ1) is 6.64. The molecule has 1 aliphatic heterocycles. The van der Waals surface area contributed by atoms with Crippen LogP contribution in [0.15, 0.2) is 0 Å². The Bertz CT molecular complexity index is 202. The number of nitrogens with one attached hydrogen (secondary N) is 1. The molecule has 1 aliphatic rings. The lowest BCUT2D eigenvalue weighted by Crippen LogP contribution is -2.39. The summed E-state index contributed by atoms with van der Waals surface area (Å²) in [7, 11) is 0. The van der Waals surface area contributed by atoms with Crippen molar-refractivity contribution in [3.05, 3.63) is 0 Å². The predicted octanol–water partition coefficient (Wildman–Crippen LogP) is 1.69. The van der Waals surface area contributed by atoms with Crippen molar-refractivity contribution in [3.63, 3.8) is 0 Å². The Kier molecular flexibility index (Phi) is 4.37. The minimum Gasteiger partial charge on any atom is -0.381 e. The molecule has 14 heavy (non-hydrogen) atoms. The molecule has 0 unspecified atom stereocenters. The third kappa shape index (κ3) is 4.08. The van der Waals surface area contributed by atoms with Gasteiger partial charge >= 0.3 is 0 Å². The predicted molar refractivity (Wildman–Crippen MR) is 55.9 cm³/mol. The Balaban J connectivity index is 2.12. The molecule has 80 valence electrons. The van der Waals surface area contributed by atoms with Crippen LogP contribution >= 0.6 is 0 Å². The van der Waals surface area contributed by atoms with Crippen molar-refractivity contribution in [3.8, 4) is 6.07 Å². The third-order valence-electron chi connectivity index (χ3n) is 2.74. The molecule has 0 radical (unpaired) electrons. The van der Waals surface area contributed by atoms with E-state index < -0.39 is 0 Å². The molecule has 1 rings (SSSR count). The second-order valence-corrected chi connectivity index (χ2v) is 4.51. The molecule has 1 heterocycles. The third-order valence-corrected chi connectivity index (χ3v) is 2.74. The highest BCUT2D eigenvalue weighted by atomic mass is 16.5. The summed E-state index contributed by atoms with van der Waals surface area (Å²) in [6.45, 7) is 6.58. The molecule has 0 amide bonds. The van der Waals surface area contributed by atoms with E-state index in [4.69, 9.17) is 10.00 Å². The number of rotatable bonds is 4. The average Bonchev–Trinajstić information content (AvgIpc) is 2.19. The maximum Gasteiger partial charge on any atom is 0.101 e. The van der Waals surface area contributed by atoms with Crippen LogP contribution in [0.25, 0.3) is 0 Å². The Morgan fingerprint density at radius 3 is 2.64 bits per heavy atom. The molecule has 0 aromatic carbocycles. The van der Waals surface area contributed by atoms with Crippen molar-refractivity contribution in [2.24, 2.45) is 5.92 Å². The van der Waals surface area contributed by atoms with Gasteiger partial charge in [0.15, 0.2) is 0 Å². The van der Waals surface area contributed by atoms with Gasteiger partial charge < -0.3 is 4.74 Å². The summed E-state index contributed by atoms with van der Waals surface area (Å²) in [6.07, 6.45) is 3.51. The van der Waals surface area contributed by atoms with Gasteiger partial charge in [-0.2, -0.15) is 5.26 Å². The summed E-state index contributed by atoms with van der Waals surface area (Å²) >= 11 is 0. The van der Waals surface area contributed by atoms with Gasteiger partial charge in [0.25, 0.3) is 0 Å². The molecular weight excluding hydrogens is 176 g/mol. The molecule has 0 aliphatic carbocycles. The number of nitrogens with zero attached hydrogens (tertiary/aromatic N) is 1. The SMILES string of the molecule is CC(C)(C#N)NCCC1CCOCC1. The zero-order chi connectivity index (χ0) is 10.4. The smallest absolute Gasteiger partial charge is 0.101 e. The Morgan fingerprint density at radius 2 is 2.07 bits per heavy atom. The van der Waals surface area contributed by atoms with Crippen molar-refractivity contribution < 1.29 is 4.74 Å². The summed E-state index contributed by atoms with van der Waals surface area (Å²) in [5.74, 6) is 0.783. The molecule has 0 aromatic heterocycles. The lowest BCUT2D eigenvalue weighted by molar-refractivity contribution is 0.0636. The normalized spacial score (nSPS) is 19.2. The summed E-state index contributed by atoms with van der Waals surface area (Å²) in [6, 6.07) is 2.24. The van der Waals surface area contributed by atoms with Crippen LogP contribution < -0.4 is 5.32 Å². The second-order valence-electron chi connectivity index (χ2n) is 4.51. The molecule has 0 bridgehead atoms. The van der Waals surface area contributed by atoms with Gasteiger partial charge in [-0.15, -0.1) is 0 Å². The summed E-state index contributed by atoms with van der Waals surface area (Å²) < 4.78 is 5.30. The average molecular weight is 196 g/mol. The van der Waals surface area contributed by atoms with Crippen molar-refractivity contribution in [1.29, 1.82) is 5.26 Å². The number of nitriles is 1. The first-order valence-electron chi connectivity index (χ1n) is 5.38.